The number of rotatable bonds is 10. The number of ketones is 1. The van der Waals surface area contributed by atoms with Crippen molar-refractivity contribution in [3.8, 4) is 5.69 Å². The zero-order valence-corrected chi connectivity index (χ0v) is 18.8. The molecule has 1 heterocycles. The van der Waals surface area contributed by atoms with Gasteiger partial charge in [0.2, 0.25) is 0 Å². The van der Waals surface area contributed by atoms with Crippen LogP contribution in [0.25, 0.3) is 5.69 Å². The van der Waals surface area contributed by atoms with Crippen LogP contribution in [0.2, 0.25) is 5.02 Å². The number of carbonyl (C=O) groups is 1. The number of halogens is 1. The van der Waals surface area contributed by atoms with Gasteiger partial charge >= 0.3 is 0 Å². The molecule has 1 aromatic heterocycles. The Morgan fingerprint density at radius 2 is 1.87 bits per heavy atom. The SMILES string of the molecule is CN(C)Cc1nnc(CNCCC2CC2)n1-c1ccc(Cl)cc1C(=O)c1ccccc1. The highest BCUT2D eigenvalue weighted by Crippen LogP contribution is 2.31. The molecule has 0 bridgehead atoms. The smallest absolute Gasteiger partial charge is 0.195 e. The van der Waals surface area contributed by atoms with Crippen molar-refractivity contribution in [2.75, 3.05) is 20.6 Å². The molecule has 1 fully saturated rings. The third kappa shape index (κ3) is 5.39. The van der Waals surface area contributed by atoms with Gasteiger partial charge in [0, 0.05) is 16.1 Å². The molecule has 6 nitrogen and oxygen atoms in total. The fourth-order valence-electron chi connectivity index (χ4n) is 3.67. The van der Waals surface area contributed by atoms with E-state index in [0.29, 0.717) is 29.2 Å². The lowest BCUT2D eigenvalue weighted by atomic mass is 10.0. The second kappa shape index (κ2) is 9.73. The predicted octanol–water partition coefficient (Wildman–Crippen LogP) is 4.10. The molecule has 0 atom stereocenters. The van der Waals surface area contributed by atoms with E-state index in [4.69, 9.17) is 11.6 Å². The van der Waals surface area contributed by atoms with E-state index in [2.05, 4.69) is 15.5 Å². The standard InChI is InChI=1S/C24H28ClN5O/c1-29(2)16-23-28-27-22(15-26-13-12-17-8-9-17)30(23)21-11-10-19(25)14-20(21)24(31)18-6-4-3-5-7-18/h3-7,10-11,14,17,26H,8-9,12-13,15-16H2,1-2H3. The van der Waals surface area contributed by atoms with Gasteiger partial charge in [0.1, 0.15) is 0 Å². The van der Waals surface area contributed by atoms with Crippen molar-refractivity contribution in [1.82, 2.24) is 25.0 Å². The highest BCUT2D eigenvalue weighted by molar-refractivity contribution is 6.31. The summed E-state index contributed by atoms with van der Waals surface area (Å²) in [5, 5.41) is 12.9. The first-order chi connectivity index (χ1) is 15.0. The molecule has 1 N–H and O–H groups in total. The maximum Gasteiger partial charge on any atom is 0.195 e. The first kappa shape index (κ1) is 21.7. The molecule has 7 heteroatoms. The molecule has 1 aliphatic rings. The molecule has 0 spiro atoms. The minimum atomic E-state index is -0.0738. The van der Waals surface area contributed by atoms with Gasteiger partial charge in [0.15, 0.2) is 17.4 Å². The molecule has 162 valence electrons. The van der Waals surface area contributed by atoms with Crippen LogP contribution in [0.3, 0.4) is 0 Å². The van der Waals surface area contributed by atoms with Crippen LogP contribution in [-0.4, -0.2) is 46.1 Å². The van der Waals surface area contributed by atoms with E-state index in [-0.39, 0.29) is 5.78 Å². The summed E-state index contributed by atoms with van der Waals surface area (Å²) in [6, 6.07) is 14.7. The van der Waals surface area contributed by atoms with Gasteiger partial charge in [-0.15, -0.1) is 10.2 Å². The van der Waals surface area contributed by atoms with Crippen LogP contribution in [0.4, 0.5) is 0 Å². The first-order valence-corrected chi connectivity index (χ1v) is 11.1. The lowest BCUT2D eigenvalue weighted by Crippen LogP contribution is -2.21. The zero-order valence-electron chi connectivity index (χ0n) is 18.0. The van der Waals surface area contributed by atoms with Crippen LogP contribution in [0.15, 0.2) is 48.5 Å². The fraction of sp³-hybridized carbons (Fsp3) is 0.375. The van der Waals surface area contributed by atoms with E-state index < -0.39 is 0 Å². The summed E-state index contributed by atoms with van der Waals surface area (Å²) < 4.78 is 2.00. The van der Waals surface area contributed by atoms with E-state index in [0.717, 1.165) is 29.8 Å². The summed E-state index contributed by atoms with van der Waals surface area (Å²) in [5.74, 6) is 2.38. The first-order valence-electron chi connectivity index (χ1n) is 10.7. The Kier molecular flexibility index (Phi) is 6.80. The van der Waals surface area contributed by atoms with Crippen molar-refractivity contribution in [2.24, 2.45) is 5.92 Å². The maximum atomic E-state index is 13.4. The average Bonchev–Trinajstić information content (AvgIpc) is 3.51. The van der Waals surface area contributed by atoms with Crippen molar-refractivity contribution in [3.05, 3.63) is 76.3 Å². The summed E-state index contributed by atoms with van der Waals surface area (Å²) in [7, 11) is 3.98. The number of carbonyl (C=O) groups excluding carboxylic acids is 1. The van der Waals surface area contributed by atoms with Gasteiger partial charge in [0.05, 0.1) is 18.8 Å². The molecule has 0 saturated heterocycles. The second-order valence-electron chi connectivity index (χ2n) is 8.37. The van der Waals surface area contributed by atoms with Crippen LogP contribution in [0.1, 0.15) is 46.8 Å². The number of benzene rings is 2. The van der Waals surface area contributed by atoms with Gasteiger partial charge in [-0.2, -0.15) is 0 Å². The molecule has 0 aliphatic heterocycles. The second-order valence-corrected chi connectivity index (χ2v) is 8.81. The Hall–Kier alpha value is -2.54. The predicted molar refractivity (Wildman–Crippen MR) is 123 cm³/mol. The van der Waals surface area contributed by atoms with Gasteiger partial charge in [0.25, 0.3) is 0 Å². The molecular formula is C24H28ClN5O. The molecule has 0 radical (unpaired) electrons. The van der Waals surface area contributed by atoms with Crippen LogP contribution in [-0.2, 0) is 13.1 Å². The molecule has 4 rings (SSSR count). The van der Waals surface area contributed by atoms with Crippen molar-refractivity contribution in [1.29, 1.82) is 0 Å². The average molecular weight is 438 g/mol. The number of hydrogen-bond acceptors (Lipinski definition) is 5. The Morgan fingerprint density at radius 1 is 1.13 bits per heavy atom. The largest absolute Gasteiger partial charge is 0.310 e. The summed E-state index contributed by atoms with van der Waals surface area (Å²) >= 11 is 6.30. The molecule has 0 amide bonds. The molecule has 31 heavy (non-hydrogen) atoms. The van der Waals surface area contributed by atoms with Crippen LogP contribution in [0, 0.1) is 5.92 Å². The van der Waals surface area contributed by atoms with E-state index in [1.807, 2.05) is 66.0 Å². The normalized spacial score (nSPS) is 13.7. The van der Waals surface area contributed by atoms with Crippen LogP contribution < -0.4 is 5.32 Å². The van der Waals surface area contributed by atoms with Gasteiger partial charge in [-0.1, -0.05) is 54.8 Å². The Bertz CT molecular complexity index is 1040. The molecule has 0 unspecified atom stereocenters. The minimum Gasteiger partial charge on any atom is -0.310 e. The van der Waals surface area contributed by atoms with Crippen LogP contribution in [0.5, 0.6) is 0 Å². The lowest BCUT2D eigenvalue weighted by Gasteiger charge is -2.17. The monoisotopic (exact) mass is 437 g/mol. The third-order valence-corrected chi connectivity index (χ3v) is 5.68. The van der Waals surface area contributed by atoms with Crippen molar-refractivity contribution < 1.29 is 4.79 Å². The number of nitrogens with zero attached hydrogens (tertiary/aromatic N) is 4. The highest BCUT2D eigenvalue weighted by atomic mass is 35.5. The lowest BCUT2D eigenvalue weighted by molar-refractivity contribution is 0.103. The van der Waals surface area contributed by atoms with Crippen LogP contribution >= 0.6 is 11.6 Å². The molecule has 1 saturated carbocycles. The number of nitrogens with one attached hydrogen (secondary N) is 1. The third-order valence-electron chi connectivity index (χ3n) is 5.44. The molecular weight excluding hydrogens is 410 g/mol. The Morgan fingerprint density at radius 3 is 2.58 bits per heavy atom. The topological polar surface area (TPSA) is 63.1 Å². The van der Waals surface area contributed by atoms with Crippen molar-refractivity contribution in [2.45, 2.75) is 32.4 Å². The molecule has 3 aromatic rings. The Labute approximate surface area is 188 Å². The zero-order chi connectivity index (χ0) is 21.8. The van der Waals surface area contributed by atoms with Gasteiger partial charge < -0.3 is 10.2 Å². The van der Waals surface area contributed by atoms with Gasteiger partial charge in [-0.3, -0.25) is 9.36 Å². The molecule has 2 aromatic carbocycles. The number of aromatic nitrogens is 3. The van der Waals surface area contributed by atoms with Crippen molar-refractivity contribution >= 4 is 17.4 Å². The van der Waals surface area contributed by atoms with E-state index in [1.54, 1.807) is 6.07 Å². The molecule has 1 aliphatic carbocycles. The summed E-state index contributed by atoms with van der Waals surface area (Å²) in [6.07, 6.45) is 3.89. The fourth-order valence-corrected chi connectivity index (χ4v) is 3.85. The van der Waals surface area contributed by atoms with E-state index in [1.165, 1.54) is 19.3 Å². The minimum absolute atomic E-state index is 0.0738. The Balaban J connectivity index is 1.71. The van der Waals surface area contributed by atoms with Crippen molar-refractivity contribution in [3.63, 3.8) is 0 Å². The summed E-state index contributed by atoms with van der Waals surface area (Å²) in [4.78, 5) is 15.4. The number of hydrogen-bond donors (Lipinski definition) is 1. The van der Waals surface area contributed by atoms with E-state index in [9.17, 15) is 4.79 Å². The highest BCUT2D eigenvalue weighted by Gasteiger charge is 2.22. The maximum absolute atomic E-state index is 13.4. The van der Waals surface area contributed by atoms with E-state index >= 15 is 0 Å². The summed E-state index contributed by atoms with van der Waals surface area (Å²) in [5.41, 5.74) is 1.91. The quantitative estimate of drug-likeness (QED) is 0.382. The van der Waals surface area contributed by atoms with Gasteiger partial charge in [-0.05, 0) is 51.2 Å². The summed E-state index contributed by atoms with van der Waals surface area (Å²) in [6.45, 7) is 2.16. The van der Waals surface area contributed by atoms with Gasteiger partial charge in [-0.25, -0.2) is 0 Å².